The molecule has 0 aliphatic heterocycles. The van der Waals surface area contributed by atoms with Crippen molar-refractivity contribution in [2.75, 3.05) is 31.2 Å². The molecule has 7 heteroatoms. The molecule has 2 amide bonds. The zero-order valence-electron chi connectivity index (χ0n) is 13.0. The van der Waals surface area contributed by atoms with Crippen LogP contribution in [0.2, 0.25) is 0 Å². The van der Waals surface area contributed by atoms with Crippen LogP contribution < -0.4 is 10.6 Å². The van der Waals surface area contributed by atoms with Crippen LogP contribution in [0.1, 0.15) is 12.8 Å². The number of hydrogen-bond acceptors (Lipinski definition) is 5. The minimum Gasteiger partial charge on any atom is -0.352 e. The van der Waals surface area contributed by atoms with Crippen molar-refractivity contribution in [3.05, 3.63) is 24.3 Å². The van der Waals surface area contributed by atoms with E-state index in [9.17, 15) is 9.59 Å². The van der Waals surface area contributed by atoms with Gasteiger partial charge >= 0.3 is 0 Å². The number of likely N-dealkylation sites (N-methyl/N-ethyl adjacent to an activating group) is 1. The first-order chi connectivity index (χ1) is 11.1. The molecule has 1 aliphatic carbocycles. The number of benzene rings is 1. The first-order valence-electron chi connectivity index (χ1n) is 7.45. The predicted molar refractivity (Wildman–Crippen MR) is 90.1 cm³/mol. The van der Waals surface area contributed by atoms with Crippen molar-refractivity contribution in [2.45, 2.75) is 23.8 Å². The highest BCUT2D eigenvalue weighted by atomic mass is 32.2. The molecule has 1 fully saturated rings. The lowest BCUT2D eigenvalue weighted by atomic mass is 10.3. The highest BCUT2D eigenvalue weighted by Gasteiger charge is 2.23. The van der Waals surface area contributed by atoms with Crippen LogP contribution in [0, 0.1) is 11.3 Å². The Balaban J connectivity index is 1.81. The van der Waals surface area contributed by atoms with Crippen LogP contribution in [-0.2, 0) is 9.59 Å². The fourth-order valence-electron chi connectivity index (χ4n) is 2.04. The quantitative estimate of drug-likeness (QED) is 0.704. The van der Waals surface area contributed by atoms with Gasteiger partial charge in [0.05, 0.1) is 30.6 Å². The van der Waals surface area contributed by atoms with Crippen LogP contribution in [0.5, 0.6) is 0 Å². The molecule has 0 radical (unpaired) electrons. The van der Waals surface area contributed by atoms with Gasteiger partial charge in [-0.1, -0.05) is 12.1 Å². The van der Waals surface area contributed by atoms with E-state index in [1.54, 1.807) is 18.0 Å². The molecule has 0 unspecified atom stereocenters. The maximum absolute atomic E-state index is 12.1. The lowest BCUT2D eigenvalue weighted by Crippen LogP contribution is -2.39. The van der Waals surface area contributed by atoms with Crippen molar-refractivity contribution in [1.82, 2.24) is 10.2 Å². The molecular formula is C16H20N4O2S. The molecule has 1 aromatic rings. The van der Waals surface area contributed by atoms with Crippen LogP contribution in [0.3, 0.4) is 0 Å². The molecule has 0 bridgehead atoms. The Hall–Kier alpha value is -2.04. The van der Waals surface area contributed by atoms with Crippen LogP contribution in [0.15, 0.2) is 29.2 Å². The van der Waals surface area contributed by atoms with Gasteiger partial charge in [-0.2, -0.15) is 5.26 Å². The molecule has 122 valence electrons. The molecule has 2 rings (SSSR count). The SMILES string of the molecule is CN(CC(=O)Nc1ccccc1SCC#N)CC(=O)NC1CC1. The third-order valence-corrected chi connectivity index (χ3v) is 4.16. The van der Waals surface area contributed by atoms with Gasteiger partial charge in [0, 0.05) is 10.9 Å². The zero-order valence-corrected chi connectivity index (χ0v) is 13.9. The van der Waals surface area contributed by atoms with Gasteiger partial charge in [-0.25, -0.2) is 0 Å². The molecule has 1 aliphatic rings. The number of nitrogens with one attached hydrogen (secondary N) is 2. The molecule has 23 heavy (non-hydrogen) atoms. The normalized spacial score (nSPS) is 13.4. The Bertz CT molecular complexity index is 610. The minimum absolute atomic E-state index is 0.0484. The zero-order chi connectivity index (χ0) is 16.7. The standard InChI is InChI=1S/C16H20N4O2S/c1-20(10-15(21)18-12-6-7-12)11-16(22)19-13-4-2-3-5-14(13)23-9-8-17/h2-5,12H,6-7,9-11H2,1H3,(H,18,21)(H,19,22). The number of carbonyl (C=O) groups excluding carboxylic acids is 2. The van der Waals surface area contributed by atoms with Gasteiger partial charge in [0.2, 0.25) is 11.8 Å². The molecule has 1 aromatic carbocycles. The van der Waals surface area contributed by atoms with E-state index in [0.717, 1.165) is 17.7 Å². The number of carbonyl (C=O) groups is 2. The van der Waals surface area contributed by atoms with Gasteiger partial charge in [-0.3, -0.25) is 14.5 Å². The average molecular weight is 332 g/mol. The summed E-state index contributed by atoms with van der Waals surface area (Å²) < 4.78 is 0. The molecule has 0 heterocycles. The Morgan fingerprint density at radius 3 is 2.70 bits per heavy atom. The molecule has 6 nitrogen and oxygen atoms in total. The van der Waals surface area contributed by atoms with E-state index < -0.39 is 0 Å². The Morgan fingerprint density at radius 1 is 1.30 bits per heavy atom. The van der Waals surface area contributed by atoms with E-state index in [1.165, 1.54) is 11.8 Å². The summed E-state index contributed by atoms with van der Waals surface area (Å²) in [6.45, 7) is 0.337. The van der Waals surface area contributed by atoms with Crippen LogP contribution in [0.4, 0.5) is 5.69 Å². The number of anilines is 1. The van der Waals surface area contributed by atoms with Gasteiger partial charge in [-0.05, 0) is 32.0 Å². The van der Waals surface area contributed by atoms with Crippen LogP contribution in [-0.4, -0.2) is 48.6 Å². The predicted octanol–water partition coefficient (Wildman–Crippen LogP) is 1.45. The summed E-state index contributed by atoms with van der Waals surface area (Å²) in [5.41, 5.74) is 0.689. The van der Waals surface area contributed by atoms with Crippen molar-refractivity contribution in [3.63, 3.8) is 0 Å². The monoisotopic (exact) mass is 332 g/mol. The average Bonchev–Trinajstić information content (AvgIpc) is 3.29. The van der Waals surface area contributed by atoms with E-state index in [2.05, 4.69) is 16.7 Å². The summed E-state index contributed by atoms with van der Waals surface area (Å²) in [6.07, 6.45) is 2.10. The molecule has 0 saturated heterocycles. The Labute approximate surface area is 140 Å². The molecule has 2 N–H and O–H groups in total. The number of amides is 2. The maximum Gasteiger partial charge on any atom is 0.238 e. The highest BCUT2D eigenvalue weighted by molar-refractivity contribution is 7.99. The van der Waals surface area contributed by atoms with Crippen LogP contribution >= 0.6 is 11.8 Å². The fourth-order valence-corrected chi connectivity index (χ4v) is 2.71. The van der Waals surface area contributed by atoms with E-state index in [1.807, 2.05) is 18.2 Å². The van der Waals surface area contributed by atoms with E-state index in [4.69, 9.17) is 5.26 Å². The van der Waals surface area contributed by atoms with Crippen molar-refractivity contribution >= 4 is 29.3 Å². The second-order valence-electron chi connectivity index (χ2n) is 5.51. The lowest BCUT2D eigenvalue weighted by molar-refractivity contribution is -0.123. The van der Waals surface area contributed by atoms with Crippen molar-refractivity contribution < 1.29 is 9.59 Å². The highest BCUT2D eigenvalue weighted by Crippen LogP contribution is 2.26. The number of para-hydroxylation sites is 1. The van der Waals surface area contributed by atoms with Gasteiger partial charge in [0.25, 0.3) is 0 Å². The maximum atomic E-state index is 12.1. The van der Waals surface area contributed by atoms with Gasteiger partial charge in [0.15, 0.2) is 0 Å². The van der Waals surface area contributed by atoms with E-state index in [0.29, 0.717) is 17.5 Å². The summed E-state index contributed by atoms with van der Waals surface area (Å²) >= 11 is 1.38. The van der Waals surface area contributed by atoms with Crippen LogP contribution in [0.25, 0.3) is 0 Å². The Kier molecular flexibility index (Phi) is 6.44. The smallest absolute Gasteiger partial charge is 0.238 e. The molecule has 0 spiro atoms. The number of nitrogens with zero attached hydrogens (tertiary/aromatic N) is 2. The second-order valence-corrected chi connectivity index (χ2v) is 6.52. The van der Waals surface area contributed by atoms with Crippen molar-refractivity contribution in [2.24, 2.45) is 0 Å². The second kappa shape index (κ2) is 8.56. The topological polar surface area (TPSA) is 85.2 Å². The Morgan fingerprint density at radius 2 is 2.00 bits per heavy atom. The molecule has 1 saturated carbocycles. The molecular weight excluding hydrogens is 312 g/mol. The van der Waals surface area contributed by atoms with Crippen molar-refractivity contribution in [1.29, 1.82) is 5.26 Å². The van der Waals surface area contributed by atoms with E-state index >= 15 is 0 Å². The molecule has 0 atom stereocenters. The third-order valence-electron chi connectivity index (χ3n) is 3.22. The summed E-state index contributed by atoms with van der Waals surface area (Å²) in [5.74, 6) is 0.0956. The summed E-state index contributed by atoms with van der Waals surface area (Å²) in [7, 11) is 1.74. The van der Waals surface area contributed by atoms with Gasteiger partial charge in [-0.15, -0.1) is 11.8 Å². The summed E-state index contributed by atoms with van der Waals surface area (Å²) in [4.78, 5) is 26.3. The third kappa shape index (κ3) is 6.30. The summed E-state index contributed by atoms with van der Waals surface area (Å²) in [5, 5.41) is 14.4. The minimum atomic E-state index is -0.184. The lowest BCUT2D eigenvalue weighted by Gasteiger charge is -2.16. The van der Waals surface area contributed by atoms with Gasteiger partial charge < -0.3 is 10.6 Å². The van der Waals surface area contributed by atoms with Gasteiger partial charge in [0.1, 0.15) is 0 Å². The number of hydrogen-bond donors (Lipinski definition) is 2. The fraction of sp³-hybridized carbons (Fsp3) is 0.438. The molecule has 0 aromatic heterocycles. The largest absolute Gasteiger partial charge is 0.352 e. The first-order valence-corrected chi connectivity index (χ1v) is 8.43. The number of rotatable bonds is 8. The van der Waals surface area contributed by atoms with Crippen molar-refractivity contribution in [3.8, 4) is 6.07 Å². The first kappa shape index (κ1) is 17.3. The number of nitriles is 1. The summed E-state index contributed by atoms with van der Waals surface area (Å²) in [6, 6.07) is 9.76. The van der Waals surface area contributed by atoms with E-state index in [-0.39, 0.29) is 24.9 Å². The number of thioether (sulfide) groups is 1.